The zero-order valence-electron chi connectivity index (χ0n) is 18.8. The van der Waals surface area contributed by atoms with E-state index in [4.69, 9.17) is 16.3 Å². The van der Waals surface area contributed by atoms with Gasteiger partial charge in [0.2, 0.25) is 5.91 Å². The molecule has 1 unspecified atom stereocenters. The first-order chi connectivity index (χ1) is 15.9. The number of hydrogen-bond donors (Lipinski definition) is 1. The molecule has 2 heterocycles. The van der Waals surface area contributed by atoms with Crippen LogP contribution in [-0.2, 0) is 11.3 Å². The van der Waals surface area contributed by atoms with Crippen LogP contribution in [0.1, 0.15) is 36.9 Å². The van der Waals surface area contributed by atoms with Gasteiger partial charge < -0.3 is 14.6 Å². The van der Waals surface area contributed by atoms with Gasteiger partial charge >= 0.3 is 0 Å². The molecular formula is C23H24ClN5O2S2. The van der Waals surface area contributed by atoms with Crippen molar-refractivity contribution in [2.75, 3.05) is 11.1 Å². The van der Waals surface area contributed by atoms with Crippen molar-refractivity contribution in [2.24, 2.45) is 0 Å². The molecule has 1 N–H and O–H groups in total. The molecule has 0 aliphatic rings. The molecule has 4 aromatic rings. The fraction of sp³-hybridized carbons (Fsp3) is 0.304. The maximum absolute atomic E-state index is 12.5. The number of amides is 1. The fourth-order valence-corrected chi connectivity index (χ4v) is 5.25. The number of nitrogens with zero attached hydrogens (tertiary/aromatic N) is 4. The number of benzene rings is 2. The Bertz CT molecular complexity index is 1250. The van der Waals surface area contributed by atoms with Crippen molar-refractivity contribution >= 4 is 56.0 Å². The number of carbonyl (C=O) groups is 1. The molecule has 10 heteroatoms. The van der Waals surface area contributed by atoms with Gasteiger partial charge in [-0.3, -0.25) is 4.79 Å². The van der Waals surface area contributed by atoms with E-state index in [-0.39, 0.29) is 17.8 Å². The quantitative estimate of drug-likeness (QED) is 0.296. The number of ether oxygens (including phenoxy) is 1. The summed E-state index contributed by atoms with van der Waals surface area (Å²) >= 11 is 9.06. The van der Waals surface area contributed by atoms with E-state index < -0.39 is 0 Å². The molecule has 0 saturated heterocycles. The molecule has 0 bridgehead atoms. The number of halogens is 1. The molecule has 1 amide bonds. The number of fused-ring (bicyclic) bond motifs is 1. The molecule has 0 aliphatic carbocycles. The Morgan fingerprint density at radius 2 is 1.97 bits per heavy atom. The van der Waals surface area contributed by atoms with Crippen LogP contribution >= 0.6 is 34.7 Å². The van der Waals surface area contributed by atoms with Crippen LogP contribution in [0.5, 0.6) is 5.75 Å². The highest BCUT2D eigenvalue weighted by Gasteiger charge is 2.20. The first-order valence-electron chi connectivity index (χ1n) is 10.5. The Morgan fingerprint density at radius 1 is 1.24 bits per heavy atom. The molecule has 0 aliphatic heterocycles. The van der Waals surface area contributed by atoms with E-state index in [1.54, 1.807) is 0 Å². The molecule has 0 radical (unpaired) electrons. The molecular weight excluding hydrogens is 478 g/mol. The Labute approximate surface area is 205 Å². The minimum absolute atomic E-state index is 0.136. The first-order valence-corrected chi connectivity index (χ1v) is 12.7. The van der Waals surface area contributed by atoms with Crippen molar-refractivity contribution < 1.29 is 9.53 Å². The lowest BCUT2D eigenvalue weighted by atomic mass is 10.1. The highest BCUT2D eigenvalue weighted by molar-refractivity contribution is 7.99. The van der Waals surface area contributed by atoms with E-state index in [2.05, 4.69) is 20.5 Å². The number of para-hydroxylation sites is 1. The summed E-state index contributed by atoms with van der Waals surface area (Å²) in [6, 6.07) is 11.6. The lowest BCUT2D eigenvalue weighted by Gasteiger charge is -2.17. The first kappa shape index (κ1) is 23.5. The molecule has 172 valence electrons. The van der Waals surface area contributed by atoms with E-state index in [0.717, 1.165) is 32.1 Å². The normalized spacial score (nSPS) is 12.2. The topological polar surface area (TPSA) is 81.9 Å². The SMILES string of the molecule is CCn1c(SCC(=O)Nc2nc3ccccc3s2)nnc1C(C)Oc1cc(C)c(Cl)c(C)c1. The van der Waals surface area contributed by atoms with E-state index >= 15 is 0 Å². The van der Waals surface area contributed by atoms with Crippen LogP contribution in [0.25, 0.3) is 10.2 Å². The second-order valence-electron chi connectivity index (χ2n) is 7.54. The van der Waals surface area contributed by atoms with Crippen LogP contribution in [0.15, 0.2) is 41.6 Å². The van der Waals surface area contributed by atoms with Crippen molar-refractivity contribution in [2.45, 2.75) is 45.5 Å². The van der Waals surface area contributed by atoms with Gasteiger partial charge in [-0.25, -0.2) is 4.98 Å². The third kappa shape index (κ3) is 5.31. The van der Waals surface area contributed by atoms with E-state index in [1.165, 1.54) is 23.1 Å². The maximum atomic E-state index is 12.5. The van der Waals surface area contributed by atoms with E-state index in [1.807, 2.05) is 68.7 Å². The number of aryl methyl sites for hydroxylation is 2. The number of thioether (sulfide) groups is 1. The zero-order valence-corrected chi connectivity index (χ0v) is 21.1. The monoisotopic (exact) mass is 501 g/mol. The summed E-state index contributed by atoms with van der Waals surface area (Å²) < 4.78 is 9.13. The average Bonchev–Trinajstić information content (AvgIpc) is 3.38. The number of hydrogen-bond acceptors (Lipinski definition) is 7. The smallest absolute Gasteiger partial charge is 0.236 e. The Balaban J connectivity index is 1.41. The predicted octanol–water partition coefficient (Wildman–Crippen LogP) is 6.05. The molecule has 0 spiro atoms. The average molecular weight is 502 g/mol. The van der Waals surface area contributed by atoms with Gasteiger partial charge in [-0.15, -0.1) is 10.2 Å². The number of anilines is 1. The highest BCUT2D eigenvalue weighted by atomic mass is 35.5. The third-order valence-electron chi connectivity index (χ3n) is 5.02. The summed E-state index contributed by atoms with van der Waals surface area (Å²) in [6.07, 6.45) is -0.316. The predicted molar refractivity (Wildman–Crippen MR) is 135 cm³/mol. The molecule has 0 saturated carbocycles. The minimum atomic E-state index is -0.316. The van der Waals surface area contributed by atoms with Crippen molar-refractivity contribution in [3.05, 3.63) is 58.4 Å². The number of aromatic nitrogens is 4. The van der Waals surface area contributed by atoms with Crippen LogP contribution in [0.2, 0.25) is 5.02 Å². The van der Waals surface area contributed by atoms with Gasteiger partial charge in [0.15, 0.2) is 22.2 Å². The van der Waals surface area contributed by atoms with Gasteiger partial charge in [-0.05, 0) is 63.1 Å². The van der Waals surface area contributed by atoms with Crippen molar-refractivity contribution in [1.29, 1.82) is 0 Å². The molecule has 0 fully saturated rings. The van der Waals surface area contributed by atoms with Gasteiger partial charge in [0.1, 0.15) is 5.75 Å². The second kappa shape index (κ2) is 10.1. The van der Waals surface area contributed by atoms with Crippen LogP contribution in [0, 0.1) is 13.8 Å². The molecule has 1 atom stereocenters. The summed E-state index contributed by atoms with van der Waals surface area (Å²) in [5.41, 5.74) is 2.80. The molecule has 2 aromatic heterocycles. The van der Waals surface area contributed by atoms with Gasteiger partial charge in [0.05, 0.1) is 16.0 Å². The number of nitrogens with one attached hydrogen (secondary N) is 1. The van der Waals surface area contributed by atoms with Crippen LogP contribution < -0.4 is 10.1 Å². The van der Waals surface area contributed by atoms with Crippen LogP contribution in [-0.4, -0.2) is 31.4 Å². The minimum Gasteiger partial charge on any atom is -0.483 e. The van der Waals surface area contributed by atoms with Gasteiger partial charge in [-0.1, -0.05) is 46.8 Å². The number of thiazole rings is 1. The van der Waals surface area contributed by atoms with E-state index in [0.29, 0.717) is 22.7 Å². The molecule has 7 nitrogen and oxygen atoms in total. The molecule has 4 rings (SSSR count). The summed E-state index contributed by atoms with van der Waals surface area (Å²) in [5, 5.41) is 13.5. The highest BCUT2D eigenvalue weighted by Crippen LogP contribution is 2.30. The summed E-state index contributed by atoms with van der Waals surface area (Å²) in [4.78, 5) is 16.9. The number of rotatable bonds is 8. The van der Waals surface area contributed by atoms with Gasteiger partial charge in [0, 0.05) is 11.6 Å². The zero-order chi connectivity index (χ0) is 23.5. The lowest BCUT2D eigenvalue weighted by Crippen LogP contribution is -2.15. The van der Waals surface area contributed by atoms with Crippen molar-refractivity contribution in [3.63, 3.8) is 0 Å². The summed E-state index contributed by atoms with van der Waals surface area (Å²) in [6.45, 7) is 8.52. The molecule has 33 heavy (non-hydrogen) atoms. The third-order valence-corrected chi connectivity index (χ3v) is 7.54. The largest absolute Gasteiger partial charge is 0.483 e. The maximum Gasteiger partial charge on any atom is 0.236 e. The van der Waals surface area contributed by atoms with Crippen molar-refractivity contribution in [3.8, 4) is 5.75 Å². The van der Waals surface area contributed by atoms with E-state index in [9.17, 15) is 4.79 Å². The fourth-order valence-electron chi connectivity index (χ4n) is 3.45. The Morgan fingerprint density at radius 3 is 2.67 bits per heavy atom. The standard InChI is InChI=1S/C23H24ClN5O2S2/c1-5-29-21(15(4)31-16-10-13(2)20(24)14(3)11-16)27-28-23(29)32-12-19(30)26-22-25-17-8-6-7-9-18(17)33-22/h6-11,15H,5,12H2,1-4H3,(H,25,26,30). The van der Waals surface area contributed by atoms with Gasteiger partial charge in [-0.2, -0.15) is 0 Å². The van der Waals surface area contributed by atoms with Gasteiger partial charge in [0.25, 0.3) is 0 Å². The summed E-state index contributed by atoms with van der Waals surface area (Å²) in [7, 11) is 0. The number of carbonyl (C=O) groups excluding carboxylic acids is 1. The Hall–Kier alpha value is -2.62. The Kier molecular flexibility index (Phi) is 7.21. The lowest BCUT2D eigenvalue weighted by molar-refractivity contribution is -0.113. The van der Waals surface area contributed by atoms with Crippen molar-refractivity contribution in [1.82, 2.24) is 19.7 Å². The molecule has 2 aromatic carbocycles. The van der Waals surface area contributed by atoms with Crippen LogP contribution in [0.3, 0.4) is 0 Å². The summed E-state index contributed by atoms with van der Waals surface area (Å²) in [5.74, 6) is 1.51. The second-order valence-corrected chi connectivity index (χ2v) is 9.89. The van der Waals surface area contributed by atoms with Crippen LogP contribution in [0.4, 0.5) is 5.13 Å².